The fraction of sp³-hybridized carbons (Fsp3) is 0.417. The number of amides is 2. The lowest BCUT2D eigenvalue weighted by Crippen LogP contribution is -2.75. The molecule has 0 fully saturated rings. The van der Waals surface area contributed by atoms with E-state index in [0.29, 0.717) is 12.1 Å². The van der Waals surface area contributed by atoms with E-state index in [0.717, 1.165) is 17.4 Å². The summed E-state index contributed by atoms with van der Waals surface area (Å²) in [6, 6.07) is -0.537. The van der Waals surface area contributed by atoms with Crippen LogP contribution in [0.4, 0.5) is 63.2 Å². The topological polar surface area (TPSA) is 41.1 Å². The minimum atomic E-state index is -7.11. The number of benzene rings is 1. The predicted molar refractivity (Wildman–Crippen MR) is 64.5 cm³/mol. The smallest absolute Gasteiger partial charge is 0.308 e. The summed E-state index contributed by atoms with van der Waals surface area (Å²) in [6.45, 7) is 0. The van der Waals surface area contributed by atoms with Crippen LogP contribution in [0.25, 0.3) is 0 Å². The number of hydrogen-bond acceptors (Lipinski definition) is 1. The number of rotatable bonds is 2. The molecule has 3 nitrogen and oxygen atoms in total. The molecule has 0 aliphatic heterocycles. The maximum absolute atomic E-state index is 12.7. The quantitative estimate of drug-likeness (QED) is 0.628. The summed E-state index contributed by atoms with van der Waals surface area (Å²) in [6.07, 6.45) is -26.5. The van der Waals surface area contributed by atoms with Gasteiger partial charge in [0.1, 0.15) is 0 Å². The third-order valence-corrected chi connectivity index (χ3v) is 3.06. The van der Waals surface area contributed by atoms with Gasteiger partial charge in [0.15, 0.2) is 0 Å². The average molecular weight is 422 g/mol. The van der Waals surface area contributed by atoms with Gasteiger partial charge in [-0.2, -0.15) is 52.7 Å². The van der Waals surface area contributed by atoms with Crippen molar-refractivity contribution < 1.29 is 57.5 Å². The Kier molecular flexibility index (Phi) is 5.61. The second-order valence-electron chi connectivity index (χ2n) is 4.87. The van der Waals surface area contributed by atoms with Crippen LogP contribution in [0, 0.1) is 0 Å². The van der Waals surface area contributed by atoms with Crippen molar-refractivity contribution in [2.75, 3.05) is 5.32 Å². The Balaban J connectivity index is 3.36. The van der Waals surface area contributed by atoms with Gasteiger partial charge in [-0.15, -0.1) is 0 Å². The molecule has 154 valence electrons. The number of halogens is 12. The number of nitrogens with one attached hydrogen (secondary N) is 2. The molecule has 0 aliphatic rings. The molecular formula is C12H6F12N2O. The highest BCUT2D eigenvalue weighted by molar-refractivity contribution is 5.91. The SMILES string of the molecule is O=C(Nc1ccccc1C(F)(F)F)NC(C(F)(F)F)(C(F)(F)F)C(F)(F)F. The van der Waals surface area contributed by atoms with Crippen LogP contribution in [-0.4, -0.2) is 30.1 Å². The molecule has 0 saturated carbocycles. The molecule has 0 radical (unpaired) electrons. The third kappa shape index (κ3) is 4.32. The maximum Gasteiger partial charge on any atom is 0.429 e. The van der Waals surface area contributed by atoms with Gasteiger partial charge in [0, 0.05) is 0 Å². The van der Waals surface area contributed by atoms with Gasteiger partial charge < -0.3 is 10.6 Å². The molecule has 0 heterocycles. The number of urea groups is 1. The van der Waals surface area contributed by atoms with Crippen molar-refractivity contribution in [1.82, 2.24) is 5.32 Å². The molecule has 0 aromatic heterocycles. The van der Waals surface area contributed by atoms with Crippen LogP contribution in [0.15, 0.2) is 24.3 Å². The zero-order valence-corrected chi connectivity index (χ0v) is 12.3. The lowest BCUT2D eigenvalue weighted by Gasteiger charge is -2.38. The molecule has 1 aromatic rings. The van der Waals surface area contributed by atoms with Crippen LogP contribution in [0.2, 0.25) is 0 Å². The average Bonchev–Trinajstić information content (AvgIpc) is 2.40. The van der Waals surface area contributed by atoms with Crippen LogP contribution in [-0.2, 0) is 6.18 Å². The first-order valence-corrected chi connectivity index (χ1v) is 6.30. The summed E-state index contributed by atoms with van der Waals surface area (Å²) < 4.78 is 152. The van der Waals surface area contributed by atoms with Crippen LogP contribution >= 0.6 is 0 Å². The normalized spacial score (nSPS) is 14.1. The van der Waals surface area contributed by atoms with Crippen molar-refractivity contribution in [3.63, 3.8) is 0 Å². The van der Waals surface area contributed by atoms with Crippen molar-refractivity contribution in [3.8, 4) is 0 Å². The van der Waals surface area contributed by atoms with E-state index in [-0.39, 0.29) is 5.32 Å². The second kappa shape index (κ2) is 6.67. The molecule has 1 aromatic carbocycles. The van der Waals surface area contributed by atoms with E-state index in [1.165, 1.54) is 0 Å². The van der Waals surface area contributed by atoms with E-state index in [1.54, 1.807) is 0 Å². The first kappa shape index (κ1) is 22.7. The lowest BCUT2D eigenvalue weighted by atomic mass is 9.97. The van der Waals surface area contributed by atoms with Gasteiger partial charge in [0.2, 0.25) is 0 Å². The fourth-order valence-electron chi connectivity index (χ4n) is 1.86. The Bertz CT molecular complexity index is 649. The van der Waals surface area contributed by atoms with Crippen molar-refractivity contribution in [3.05, 3.63) is 29.8 Å². The number of carbonyl (C=O) groups is 1. The van der Waals surface area contributed by atoms with Crippen LogP contribution in [0.5, 0.6) is 0 Å². The summed E-state index contributed by atoms with van der Waals surface area (Å²) in [5, 5.41) is 0.604. The van der Waals surface area contributed by atoms with Crippen LogP contribution < -0.4 is 10.6 Å². The molecule has 0 unspecified atom stereocenters. The highest BCUT2D eigenvalue weighted by Crippen LogP contribution is 2.52. The molecule has 0 saturated heterocycles. The van der Waals surface area contributed by atoms with Gasteiger partial charge >= 0.3 is 36.3 Å². The number of anilines is 1. The molecule has 2 N–H and O–H groups in total. The molecule has 0 aliphatic carbocycles. The molecule has 27 heavy (non-hydrogen) atoms. The number of carbonyl (C=O) groups excluding carboxylic acids is 1. The van der Waals surface area contributed by atoms with Gasteiger partial charge in [0.05, 0.1) is 11.3 Å². The van der Waals surface area contributed by atoms with Gasteiger partial charge in [-0.1, -0.05) is 12.1 Å². The highest BCUT2D eigenvalue weighted by Gasteiger charge is 2.84. The largest absolute Gasteiger partial charge is 0.429 e. The van der Waals surface area contributed by atoms with Gasteiger partial charge in [-0.05, 0) is 12.1 Å². The lowest BCUT2D eigenvalue weighted by molar-refractivity contribution is -0.386. The predicted octanol–water partition coefficient (Wildman–Crippen LogP) is 5.25. The summed E-state index contributed by atoms with van der Waals surface area (Å²) in [5.41, 5.74) is -9.77. The molecule has 0 bridgehead atoms. The molecule has 0 spiro atoms. The van der Waals surface area contributed by atoms with Crippen molar-refractivity contribution in [2.45, 2.75) is 30.2 Å². The Hall–Kier alpha value is -2.35. The molecular weight excluding hydrogens is 416 g/mol. The Labute approximate surface area is 141 Å². The zero-order chi connectivity index (χ0) is 21.5. The van der Waals surface area contributed by atoms with E-state index in [4.69, 9.17) is 0 Å². The van der Waals surface area contributed by atoms with Crippen molar-refractivity contribution in [2.24, 2.45) is 0 Å². The van der Waals surface area contributed by atoms with Gasteiger partial charge in [-0.25, -0.2) is 4.79 Å². The highest BCUT2D eigenvalue weighted by atomic mass is 19.4. The minimum absolute atomic E-state index is 0.292. The monoisotopic (exact) mass is 422 g/mol. The zero-order valence-electron chi connectivity index (χ0n) is 12.3. The number of alkyl halides is 12. The Morgan fingerprint density at radius 2 is 1.11 bits per heavy atom. The second-order valence-corrected chi connectivity index (χ2v) is 4.87. The number of hydrogen-bond donors (Lipinski definition) is 2. The van der Waals surface area contributed by atoms with Crippen LogP contribution in [0.1, 0.15) is 5.56 Å². The fourth-order valence-corrected chi connectivity index (χ4v) is 1.86. The van der Waals surface area contributed by atoms with E-state index >= 15 is 0 Å². The maximum atomic E-state index is 12.7. The van der Waals surface area contributed by atoms with E-state index in [1.807, 2.05) is 0 Å². The molecule has 1 rings (SSSR count). The van der Waals surface area contributed by atoms with E-state index in [9.17, 15) is 57.5 Å². The van der Waals surface area contributed by atoms with Gasteiger partial charge in [0.25, 0.3) is 0 Å². The van der Waals surface area contributed by atoms with Crippen LogP contribution in [0.3, 0.4) is 0 Å². The number of para-hydroxylation sites is 1. The summed E-state index contributed by atoms with van der Waals surface area (Å²) in [5.74, 6) is 0. The Morgan fingerprint density at radius 3 is 1.48 bits per heavy atom. The third-order valence-electron chi connectivity index (χ3n) is 3.06. The van der Waals surface area contributed by atoms with E-state index < -0.39 is 47.5 Å². The Morgan fingerprint density at radius 1 is 0.704 bits per heavy atom. The van der Waals surface area contributed by atoms with Crippen molar-refractivity contribution >= 4 is 11.7 Å². The summed E-state index contributed by atoms with van der Waals surface area (Å²) in [7, 11) is 0. The summed E-state index contributed by atoms with van der Waals surface area (Å²) in [4.78, 5) is 11.4. The first-order valence-electron chi connectivity index (χ1n) is 6.30. The minimum Gasteiger partial charge on any atom is -0.308 e. The first-order chi connectivity index (χ1) is 11.8. The standard InChI is InChI=1S/C12H6F12N2O/c13-8(14,15)5-3-1-2-4-6(5)25-7(27)26-9(10(16,17)18,11(19,20)21)12(22,23)24/h1-4H,(H2,25,26,27). The van der Waals surface area contributed by atoms with E-state index in [2.05, 4.69) is 0 Å². The molecule has 15 heteroatoms. The van der Waals surface area contributed by atoms with Gasteiger partial charge in [-0.3, -0.25) is 0 Å². The van der Waals surface area contributed by atoms with Crippen molar-refractivity contribution in [1.29, 1.82) is 0 Å². The molecule has 2 amide bonds. The molecule has 0 atom stereocenters. The summed E-state index contributed by atoms with van der Waals surface area (Å²) >= 11 is 0.